The van der Waals surface area contributed by atoms with Crippen molar-refractivity contribution in [3.63, 3.8) is 0 Å². The molecule has 0 amide bonds. The van der Waals surface area contributed by atoms with Crippen LogP contribution in [-0.4, -0.2) is 55.9 Å². The van der Waals surface area contributed by atoms with Crippen molar-refractivity contribution in [2.24, 2.45) is 0 Å². The summed E-state index contributed by atoms with van der Waals surface area (Å²) in [5.41, 5.74) is -0.656. The predicted molar refractivity (Wildman–Crippen MR) is 56.3 cm³/mol. The number of nitrogens with one attached hydrogen (secondary N) is 1. The van der Waals surface area contributed by atoms with Crippen molar-refractivity contribution in [1.82, 2.24) is 3.13 Å². The average molecular weight is 428 g/mol. The van der Waals surface area contributed by atoms with Gasteiger partial charge in [-0.1, -0.05) is 0 Å². The molecule has 1 atom stereocenters. The van der Waals surface area contributed by atoms with E-state index in [1.54, 1.807) is 20.8 Å². The Kier molecular flexibility index (Phi) is 7.04. The number of hydrogen-bond donors (Lipinski definition) is 1. The van der Waals surface area contributed by atoms with Crippen LogP contribution in [0.1, 0.15) is 27.2 Å². The second kappa shape index (κ2) is 7.15. The molecule has 0 aliphatic rings. The van der Waals surface area contributed by atoms with E-state index >= 15 is 0 Å². The van der Waals surface area contributed by atoms with Crippen LogP contribution < -0.4 is 3.13 Å². The minimum absolute atomic E-state index is 0.206. The van der Waals surface area contributed by atoms with Gasteiger partial charge in [0.05, 0.1) is 0 Å². The maximum absolute atomic E-state index is 12.3. The maximum atomic E-state index is 12.3. The zero-order valence-corrected chi connectivity index (χ0v) is 13.7. The molecule has 0 fully saturated rings. The zero-order chi connectivity index (χ0) is 12.8. The van der Waals surface area contributed by atoms with Gasteiger partial charge in [0, 0.05) is 0 Å². The summed E-state index contributed by atoms with van der Waals surface area (Å²) in [6.45, 7) is 5.12. The molecule has 0 aliphatic carbocycles. The zero-order valence-electron chi connectivity index (χ0n) is 9.80. The molecule has 92 valence electrons. The van der Waals surface area contributed by atoms with Crippen molar-refractivity contribution in [2.45, 2.75) is 38.8 Å². The molecule has 0 spiro atoms. The van der Waals surface area contributed by atoms with Crippen LogP contribution in [0.5, 0.6) is 0 Å². The molecule has 0 saturated heterocycles. The first-order valence-electron chi connectivity index (χ1n) is 4.71. The van der Waals surface area contributed by atoms with Crippen LogP contribution in [-0.2, 0) is 19.1 Å². The van der Waals surface area contributed by atoms with Crippen LogP contribution in [0.3, 0.4) is 0 Å². The molecule has 2 radical (unpaired) electrons. The summed E-state index contributed by atoms with van der Waals surface area (Å²) < 4.78 is 24.2. The molecule has 1 N–H and O–H groups in total. The summed E-state index contributed by atoms with van der Waals surface area (Å²) in [6, 6.07) is -0.931. The normalized spacial score (nSPS) is 13.1. The van der Waals surface area contributed by atoms with Gasteiger partial charge in [0.15, 0.2) is 0 Å². The van der Waals surface area contributed by atoms with E-state index in [2.05, 4.69) is 7.86 Å². The van der Waals surface area contributed by atoms with Gasteiger partial charge in [-0.2, -0.15) is 0 Å². The fraction of sp³-hybridized carbons (Fsp3) is 0.778. The third kappa shape index (κ3) is 7.10. The molecule has 0 aromatic rings. The molecule has 0 aliphatic heterocycles. The molecular weight excluding hydrogens is 412 g/mol. The number of esters is 2. The molecule has 0 heterocycles. The summed E-state index contributed by atoms with van der Waals surface area (Å²) in [4.78, 5) is 22.6. The minimum atomic E-state index is -2.49. The van der Waals surface area contributed by atoms with Crippen molar-refractivity contribution in [3.05, 3.63) is 0 Å². The molecule has 0 aromatic carbocycles. The molecule has 7 heteroatoms. The Morgan fingerprint density at radius 3 is 2.38 bits per heavy atom. The number of hydrogen-bond acceptors (Lipinski definition) is 5. The standard InChI is InChI=1S/C9H16NO4.FH.Pb/c1-9(2,3)14-8(12)6(10)5-7(11)13-4;;/h6,10H,5H2,1-4H3;1H;/q-1;;+2/p-1. The SMILES string of the molecule is COC(=O)CC([NH][Pb][F])C(=O)OC(C)(C)C. The van der Waals surface area contributed by atoms with E-state index in [1.807, 2.05) is 0 Å². The van der Waals surface area contributed by atoms with Crippen molar-refractivity contribution in [3.8, 4) is 0 Å². The molecule has 0 aromatic heterocycles. The second-order valence-electron chi connectivity index (χ2n) is 4.11. The van der Waals surface area contributed by atoms with Crippen LogP contribution in [0.4, 0.5) is 2.51 Å². The van der Waals surface area contributed by atoms with Gasteiger partial charge >= 0.3 is 108 Å². The number of carbonyl (C=O) groups is 2. The van der Waals surface area contributed by atoms with Crippen molar-refractivity contribution in [2.75, 3.05) is 7.11 Å². The van der Waals surface area contributed by atoms with Crippen molar-refractivity contribution >= 4 is 37.1 Å². The predicted octanol–water partition coefficient (Wildman–Crippen LogP) is 0.353. The summed E-state index contributed by atoms with van der Waals surface area (Å²) in [6.07, 6.45) is -0.206. The van der Waals surface area contributed by atoms with E-state index in [-0.39, 0.29) is 6.42 Å². The number of methoxy groups -OCH3 is 1. The first-order chi connectivity index (χ1) is 7.30. The summed E-state index contributed by atoms with van der Waals surface area (Å²) in [7, 11) is 1.21. The Labute approximate surface area is 108 Å². The van der Waals surface area contributed by atoms with Crippen LogP contribution in [0.15, 0.2) is 0 Å². The van der Waals surface area contributed by atoms with Gasteiger partial charge in [-0.05, 0) is 0 Å². The van der Waals surface area contributed by atoms with E-state index < -0.39 is 48.7 Å². The third-order valence-corrected chi connectivity index (χ3v) is 3.30. The van der Waals surface area contributed by atoms with Crippen LogP contribution >= 0.6 is 0 Å². The van der Waals surface area contributed by atoms with Gasteiger partial charge in [0.1, 0.15) is 0 Å². The van der Waals surface area contributed by atoms with Crippen LogP contribution in [0.2, 0.25) is 0 Å². The fourth-order valence-corrected chi connectivity index (χ4v) is 2.25. The van der Waals surface area contributed by atoms with Gasteiger partial charge in [-0.3, -0.25) is 0 Å². The van der Waals surface area contributed by atoms with E-state index in [9.17, 15) is 12.1 Å². The first kappa shape index (κ1) is 15.8. The van der Waals surface area contributed by atoms with E-state index in [4.69, 9.17) is 4.74 Å². The molecule has 0 bridgehead atoms. The Morgan fingerprint density at radius 1 is 1.44 bits per heavy atom. The summed E-state index contributed by atoms with van der Waals surface area (Å²) in [5, 5.41) is 0. The van der Waals surface area contributed by atoms with Gasteiger partial charge < -0.3 is 0 Å². The Hall–Kier alpha value is -0.248. The molecular formula is C9H16FNO4Pb. The Morgan fingerprint density at radius 2 is 2.00 bits per heavy atom. The van der Waals surface area contributed by atoms with Crippen LogP contribution in [0, 0.1) is 0 Å². The molecule has 1 unspecified atom stereocenters. The quantitative estimate of drug-likeness (QED) is 0.506. The molecule has 0 saturated carbocycles. The van der Waals surface area contributed by atoms with E-state index in [0.717, 1.165) is 0 Å². The summed E-state index contributed by atoms with van der Waals surface area (Å²) >= 11 is -2.49. The van der Waals surface area contributed by atoms with Gasteiger partial charge in [-0.25, -0.2) is 0 Å². The second-order valence-corrected chi connectivity index (χ2v) is 5.96. The molecule has 5 nitrogen and oxygen atoms in total. The molecule has 0 rings (SSSR count). The van der Waals surface area contributed by atoms with Gasteiger partial charge in [-0.15, -0.1) is 0 Å². The van der Waals surface area contributed by atoms with Crippen LogP contribution in [0.25, 0.3) is 0 Å². The topological polar surface area (TPSA) is 64.6 Å². The monoisotopic (exact) mass is 429 g/mol. The van der Waals surface area contributed by atoms with E-state index in [1.165, 1.54) is 7.11 Å². The number of rotatable bonds is 5. The summed E-state index contributed by atoms with van der Waals surface area (Å²) in [5.74, 6) is -1.19. The Bertz CT molecular complexity index is 254. The number of carbonyl (C=O) groups excluding carboxylic acids is 2. The van der Waals surface area contributed by atoms with Crippen molar-refractivity contribution < 1.29 is 21.6 Å². The molecule has 16 heavy (non-hydrogen) atoms. The fourth-order valence-electron chi connectivity index (χ4n) is 0.882. The van der Waals surface area contributed by atoms with Gasteiger partial charge in [0.25, 0.3) is 0 Å². The number of halogens is 1. The number of ether oxygens (including phenoxy) is 2. The first-order valence-corrected chi connectivity index (χ1v) is 8.12. The Balaban J connectivity index is 4.40. The van der Waals surface area contributed by atoms with Crippen molar-refractivity contribution in [1.29, 1.82) is 0 Å². The van der Waals surface area contributed by atoms with Gasteiger partial charge in [0.2, 0.25) is 0 Å². The van der Waals surface area contributed by atoms with E-state index in [0.29, 0.717) is 0 Å². The third-order valence-electron chi connectivity index (χ3n) is 1.52. The average Bonchev–Trinajstić information content (AvgIpc) is 2.14.